The number of nitro benzene ring substituents is 1. The van der Waals surface area contributed by atoms with Crippen molar-refractivity contribution >= 4 is 29.4 Å². The molecule has 0 saturated heterocycles. The van der Waals surface area contributed by atoms with Gasteiger partial charge in [-0.2, -0.15) is 5.10 Å². The molecule has 2 aromatic rings. The van der Waals surface area contributed by atoms with Gasteiger partial charge < -0.3 is 10.4 Å². The summed E-state index contributed by atoms with van der Waals surface area (Å²) in [7, 11) is 0. The highest BCUT2D eigenvalue weighted by Gasteiger charge is 2.09. The molecule has 0 aliphatic rings. The van der Waals surface area contributed by atoms with Crippen LogP contribution in [0.4, 0.5) is 11.4 Å². The zero-order valence-electron chi connectivity index (χ0n) is 13.6. The Kier molecular flexibility index (Phi) is 6.38. The van der Waals surface area contributed by atoms with E-state index < -0.39 is 10.8 Å². The van der Waals surface area contributed by atoms with Crippen LogP contribution in [0.5, 0.6) is 5.75 Å². The van der Waals surface area contributed by atoms with Crippen LogP contribution in [0, 0.1) is 10.1 Å². The van der Waals surface area contributed by atoms with Crippen molar-refractivity contribution < 1.29 is 19.6 Å². The first-order valence-corrected chi connectivity index (χ1v) is 7.60. The molecule has 0 aliphatic heterocycles. The molecule has 0 unspecified atom stereocenters. The average Bonchev–Trinajstić information content (AvgIpc) is 2.62. The summed E-state index contributed by atoms with van der Waals surface area (Å²) in [5.74, 6) is -1.03. The summed E-state index contributed by atoms with van der Waals surface area (Å²) >= 11 is 0. The molecule has 0 heterocycles. The van der Waals surface area contributed by atoms with Crippen LogP contribution in [0.1, 0.15) is 18.4 Å². The predicted molar refractivity (Wildman–Crippen MR) is 94.8 cm³/mol. The van der Waals surface area contributed by atoms with E-state index >= 15 is 0 Å². The van der Waals surface area contributed by atoms with E-state index in [0.717, 1.165) is 24.4 Å². The molecule has 0 radical (unpaired) electrons. The van der Waals surface area contributed by atoms with Crippen LogP contribution in [0.25, 0.3) is 0 Å². The van der Waals surface area contributed by atoms with Gasteiger partial charge >= 0.3 is 0 Å². The summed E-state index contributed by atoms with van der Waals surface area (Å²) in [6, 6.07) is 12.3. The number of rotatable bonds is 7. The average molecular weight is 356 g/mol. The number of benzene rings is 2. The number of hydrazone groups is 1. The van der Waals surface area contributed by atoms with Crippen LogP contribution in [0.15, 0.2) is 53.6 Å². The van der Waals surface area contributed by atoms with Crippen LogP contribution >= 0.6 is 0 Å². The van der Waals surface area contributed by atoms with Crippen molar-refractivity contribution in [2.24, 2.45) is 5.10 Å². The van der Waals surface area contributed by atoms with Crippen molar-refractivity contribution in [3.05, 3.63) is 64.2 Å². The molecule has 0 saturated carbocycles. The number of amides is 2. The van der Waals surface area contributed by atoms with Crippen LogP contribution < -0.4 is 10.7 Å². The highest BCUT2D eigenvalue weighted by Crippen LogP contribution is 2.21. The number of phenols is 1. The first-order chi connectivity index (χ1) is 12.5. The molecule has 0 aliphatic carbocycles. The van der Waals surface area contributed by atoms with Crippen molar-refractivity contribution in [2.75, 3.05) is 5.32 Å². The topological polar surface area (TPSA) is 134 Å². The number of nitrogens with one attached hydrogen (secondary N) is 2. The Bertz CT molecular complexity index is 836. The molecule has 134 valence electrons. The minimum absolute atomic E-state index is 0.0295. The molecular formula is C17H16N4O5. The molecule has 9 nitrogen and oxygen atoms in total. The highest BCUT2D eigenvalue weighted by molar-refractivity contribution is 5.93. The normalized spacial score (nSPS) is 10.5. The lowest BCUT2D eigenvalue weighted by Gasteiger charge is -2.04. The molecule has 0 aromatic heterocycles. The van der Waals surface area contributed by atoms with Crippen molar-refractivity contribution in [3.8, 4) is 5.75 Å². The summed E-state index contributed by atoms with van der Waals surface area (Å²) in [4.78, 5) is 33.5. The van der Waals surface area contributed by atoms with Gasteiger partial charge in [-0.15, -0.1) is 0 Å². The zero-order valence-corrected chi connectivity index (χ0v) is 13.6. The van der Waals surface area contributed by atoms with Gasteiger partial charge in [-0.1, -0.05) is 18.2 Å². The summed E-state index contributed by atoms with van der Waals surface area (Å²) in [5, 5.41) is 26.6. The number of non-ortho nitro benzene ring substituents is 1. The fraction of sp³-hybridized carbons (Fsp3) is 0.118. The third-order valence-corrected chi connectivity index (χ3v) is 3.25. The predicted octanol–water partition coefficient (Wildman–Crippen LogP) is 2.17. The Hall–Kier alpha value is -3.75. The van der Waals surface area contributed by atoms with Gasteiger partial charge in [0.2, 0.25) is 11.8 Å². The number of carbonyl (C=O) groups excluding carboxylic acids is 2. The zero-order chi connectivity index (χ0) is 18.9. The van der Waals surface area contributed by atoms with Gasteiger partial charge in [0, 0.05) is 36.2 Å². The first kappa shape index (κ1) is 18.6. The van der Waals surface area contributed by atoms with E-state index in [9.17, 15) is 24.8 Å². The van der Waals surface area contributed by atoms with Crippen molar-refractivity contribution in [1.29, 1.82) is 0 Å². The lowest BCUT2D eigenvalue weighted by atomic mass is 10.2. The lowest BCUT2D eigenvalue weighted by Crippen LogP contribution is -2.20. The summed E-state index contributed by atoms with van der Waals surface area (Å²) in [6.07, 6.45) is 0.972. The molecule has 26 heavy (non-hydrogen) atoms. The van der Waals surface area contributed by atoms with E-state index in [1.165, 1.54) is 0 Å². The number of carbonyl (C=O) groups is 2. The molecule has 2 amide bonds. The maximum absolute atomic E-state index is 11.7. The Morgan fingerprint density at radius 3 is 2.50 bits per heavy atom. The molecule has 0 bridgehead atoms. The molecule has 0 spiro atoms. The number of phenolic OH excluding ortho intramolecular Hbond substituents is 1. The van der Waals surface area contributed by atoms with Gasteiger partial charge in [0.15, 0.2) is 0 Å². The number of hydrogen-bond donors (Lipinski definition) is 3. The fourth-order valence-corrected chi connectivity index (χ4v) is 1.96. The van der Waals surface area contributed by atoms with Gasteiger partial charge in [-0.05, 0) is 18.2 Å². The largest absolute Gasteiger partial charge is 0.507 e. The standard InChI is InChI=1S/C17H16N4O5/c22-15-7-6-14(21(25)26)10-12(15)11-18-20-17(24)9-8-16(23)19-13-4-2-1-3-5-13/h1-7,10-11,22H,8-9H2,(H,19,23)(H,20,24). The second-order valence-electron chi connectivity index (χ2n) is 5.21. The maximum Gasteiger partial charge on any atom is 0.270 e. The Balaban J connectivity index is 1.81. The SMILES string of the molecule is O=C(CCC(=O)Nc1ccccc1)NN=Cc1cc([N+](=O)[O-])ccc1O. The second kappa shape index (κ2) is 8.92. The molecular weight excluding hydrogens is 340 g/mol. The minimum Gasteiger partial charge on any atom is -0.507 e. The highest BCUT2D eigenvalue weighted by atomic mass is 16.6. The van der Waals surface area contributed by atoms with E-state index in [4.69, 9.17) is 0 Å². The molecule has 9 heteroatoms. The fourth-order valence-electron chi connectivity index (χ4n) is 1.96. The molecule has 0 atom stereocenters. The third-order valence-electron chi connectivity index (χ3n) is 3.25. The number of nitrogens with zero attached hydrogens (tertiary/aromatic N) is 2. The van der Waals surface area contributed by atoms with Crippen molar-refractivity contribution in [2.45, 2.75) is 12.8 Å². The Morgan fingerprint density at radius 2 is 1.81 bits per heavy atom. The minimum atomic E-state index is -0.610. The van der Waals surface area contributed by atoms with Gasteiger partial charge in [0.05, 0.1) is 11.1 Å². The van der Waals surface area contributed by atoms with Gasteiger partial charge in [-0.25, -0.2) is 5.43 Å². The van der Waals surface area contributed by atoms with E-state index in [2.05, 4.69) is 15.8 Å². The van der Waals surface area contributed by atoms with E-state index in [1.807, 2.05) is 6.07 Å². The molecule has 3 N–H and O–H groups in total. The molecule has 0 fully saturated rings. The van der Waals surface area contributed by atoms with Crippen LogP contribution in [-0.2, 0) is 9.59 Å². The van der Waals surface area contributed by atoms with Gasteiger partial charge in [-0.3, -0.25) is 19.7 Å². The number of hydrogen-bond acceptors (Lipinski definition) is 6. The van der Waals surface area contributed by atoms with Crippen molar-refractivity contribution in [1.82, 2.24) is 5.43 Å². The second-order valence-corrected chi connectivity index (χ2v) is 5.21. The number of aromatic hydroxyl groups is 1. The number of nitro groups is 1. The third kappa shape index (κ3) is 5.71. The maximum atomic E-state index is 11.7. The van der Waals surface area contributed by atoms with Crippen LogP contribution in [0.2, 0.25) is 0 Å². The first-order valence-electron chi connectivity index (χ1n) is 7.60. The van der Waals surface area contributed by atoms with E-state index in [0.29, 0.717) is 5.69 Å². The van der Waals surface area contributed by atoms with Gasteiger partial charge in [0.25, 0.3) is 5.69 Å². The van der Waals surface area contributed by atoms with E-state index in [1.54, 1.807) is 24.3 Å². The summed E-state index contributed by atoms with van der Waals surface area (Å²) in [6.45, 7) is 0. The monoisotopic (exact) mass is 356 g/mol. The smallest absolute Gasteiger partial charge is 0.270 e. The van der Waals surface area contributed by atoms with Crippen LogP contribution in [0.3, 0.4) is 0 Å². The number of para-hydroxylation sites is 1. The van der Waals surface area contributed by atoms with Crippen molar-refractivity contribution in [3.63, 3.8) is 0 Å². The quantitative estimate of drug-likeness (QED) is 0.397. The van der Waals surface area contributed by atoms with Crippen LogP contribution in [-0.4, -0.2) is 28.1 Å². The molecule has 2 rings (SSSR count). The Labute approximate surface area is 148 Å². The Morgan fingerprint density at radius 1 is 1.12 bits per heavy atom. The summed E-state index contributed by atoms with van der Waals surface area (Å²) in [5.41, 5.74) is 2.70. The van der Waals surface area contributed by atoms with E-state index in [-0.39, 0.29) is 35.7 Å². The summed E-state index contributed by atoms with van der Waals surface area (Å²) < 4.78 is 0. The lowest BCUT2D eigenvalue weighted by molar-refractivity contribution is -0.384. The molecule has 2 aromatic carbocycles. The van der Waals surface area contributed by atoms with Gasteiger partial charge in [0.1, 0.15) is 5.75 Å². The number of anilines is 1.